The summed E-state index contributed by atoms with van der Waals surface area (Å²) in [5.74, 6) is 0.484. The first-order chi connectivity index (χ1) is 7.26. The van der Waals surface area contributed by atoms with Gasteiger partial charge < -0.3 is 4.74 Å². The highest BCUT2D eigenvalue weighted by molar-refractivity contribution is 5.70. The maximum Gasteiger partial charge on any atom is 0.182 e. The van der Waals surface area contributed by atoms with Crippen LogP contribution in [-0.2, 0) is 11.5 Å². The van der Waals surface area contributed by atoms with Crippen LogP contribution in [0.2, 0.25) is 0 Å². The number of aldehydes is 1. The molecule has 15 heavy (non-hydrogen) atoms. The Kier molecular flexibility index (Phi) is 4.03. The fraction of sp³-hybridized carbons (Fsp3) is 0.100. The highest BCUT2D eigenvalue weighted by Crippen LogP contribution is 1.98. The van der Waals surface area contributed by atoms with Crippen LogP contribution < -0.4 is 0 Å². The lowest BCUT2D eigenvalue weighted by Crippen LogP contribution is -2.01. The average Bonchev–Trinajstić information content (AvgIpc) is 2.71. The first-order valence-electron chi connectivity index (χ1n) is 4.22. The summed E-state index contributed by atoms with van der Waals surface area (Å²) in [6.45, 7) is 7.33. The number of carbonyl (C=O) groups excluding carboxylic acids is 1. The van der Waals surface area contributed by atoms with Crippen molar-refractivity contribution in [2.75, 3.05) is 0 Å². The van der Waals surface area contributed by atoms with Gasteiger partial charge >= 0.3 is 0 Å². The van der Waals surface area contributed by atoms with Gasteiger partial charge in [0.2, 0.25) is 0 Å². The monoisotopic (exact) mass is 205 g/mol. The minimum absolute atomic E-state index is 0.168. The van der Waals surface area contributed by atoms with Crippen LogP contribution in [0, 0.1) is 0 Å². The summed E-state index contributed by atoms with van der Waals surface area (Å²) in [6.07, 6.45) is 7.10. The molecule has 0 aliphatic rings. The van der Waals surface area contributed by atoms with Gasteiger partial charge in [0.05, 0.1) is 6.20 Å². The van der Waals surface area contributed by atoms with Crippen LogP contribution in [0.3, 0.4) is 0 Å². The van der Waals surface area contributed by atoms with Gasteiger partial charge in [0.25, 0.3) is 0 Å². The normalized spacial score (nSPS) is 10.1. The Morgan fingerprint density at radius 1 is 1.67 bits per heavy atom. The number of nitrogens with zero attached hydrogens (tertiary/aromatic N) is 3. The number of rotatable bonds is 6. The van der Waals surface area contributed by atoms with E-state index in [1.54, 1.807) is 18.2 Å². The van der Waals surface area contributed by atoms with Gasteiger partial charge in [-0.15, -0.1) is 5.10 Å². The van der Waals surface area contributed by atoms with Crippen molar-refractivity contribution in [1.29, 1.82) is 0 Å². The molecule has 0 bridgehead atoms. The molecule has 0 radical (unpaired) electrons. The van der Waals surface area contributed by atoms with E-state index in [2.05, 4.69) is 23.5 Å². The Morgan fingerprint density at radius 3 is 3.07 bits per heavy atom. The highest BCUT2D eigenvalue weighted by Gasteiger charge is 1.98. The van der Waals surface area contributed by atoms with E-state index < -0.39 is 0 Å². The fourth-order valence-corrected chi connectivity index (χ4v) is 0.803. The lowest BCUT2D eigenvalue weighted by Gasteiger charge is -2.03. The second-order valence-corrected chi connectivity index (χ2v) is 2.64. The summed E-state index contributed by atoms with van der Waals surface area (Å²) < 4.78 is 6.60. The molecule has 1 heterocycles. The lowest BCUT2D eigenvalue weighted by atomic mass is 10.4. The molecule has 0 saturated heterocycles. The second kappa shape index (κ2) is 5.54. The van der Waals surface area contributed by atoms with Crippen LogP contribution >= 0.6 is 0 Å². The van der Waals surface area contributed by atoms with E-state index in [0.717, 1.165) is 0 Å². The first kappa shape index (κ1) is 10.9. The Morgan fingerprint density at radius 2 is 2.47 bits per heavy atom. The summed E-state index contributed by atoms with van der Waals surface area (Å²) in [6, 6.07) is 0. The first-order valence-corrected chi connectivity index (χ1v) is 4.22. The molecule has 1 aromatic heterocycles. The molecule has 0 saturated carbocycles. The van der Waals surface area contributed by atoms with Gasteiger partial charge in [-0.2, -0.15) is 0 Å². The largest absolute Gasteiger partial charge is 0.472 e. The van der Waals surface area contributed by atoms with Crippen molar-refractivity contribution < 1.29 is 9.53 Å². The number of aromatic nitrogens is 3. The molecule has 0 aliphatic heterocycles. The van der Waals surface area contributed by atoms with E-state index in [4.69, 9.17) is 4.74 Å². The zero-order chi connectivity index (χ0) is 11.1. The maximum atomic E-state index is 10.3. The third-order valence-electron chi connectivity index (χ3n) is 1.48. The van der Waals surface area contributed by atoms with Crippen molar-refractivity contribution >= 4 is 6.29 Å². The molecule has 1 rings (SSSR count). The van der Waals surface area contributed by atoms with Gasteiger partial charge in [-0.3, -0.25) is 4.79 Å². The van der Waals surface area contributed by atoms with Gasteiger partial charge in [-0.05, 0) is 6.08 Å². The average molecular weight is 205 g/mol. The molecule has 1 aromatic rings. The topological polar surface area (TPSA) is 57.0 Å². The molecular formula is C10H11N3O2. The van der Waals surface area contributed by atoms with Crippen LogP contribution in [0.15, 0.2) is 43.3 Å². The van der Waals surface area contributed by atoms with E-state index >= 15 is 0 Å². The van der Waals surface area contributed by atoms with Crippen molar-refractivity contribution in [1.82, 2.24) is 15.0 Å². The molecule has 0 fully saturated rings. The van der Waals surface area contributed by atoms with Gasteiger partial charge in [0.15, 0.2) is 13.0 Å². The van der Waals surface area contributed by atoms with E-state index in [9.17, 15) is 4.79 Å². The van der Waals surface area contributed by atoms with Crippen molar-refractivity contribution in [2.24, 2.45) is 0 Å². The van der Waals surface area contributed by atoms with Crippen LogP contribution in [0.4, 0.5) is 0 Å². The predicted octanol–water partition coefficient (Wildman–Crippen LogP) is 1.32. The molecule has 0 N–H and O–H groups in total. The zero-order valence-electron chi connectivity index (χ0n) is 8.17. The second-order valence-electron chi connectivity index (χ2n) is 2.64. The summed E-state index contributed by atoms with van der Waals surface area (Å²) in [7, 11) is 0. The molecule has 0 unspecified atom stereocenters. The summed E-state index contributed by atoms with van der Waals surface area (Å²) in [5.41, 5.74) is 0.269. The van der Waals surface area contributed by atoms with Crippen molar-refractivity contribution in [3.63, 3.8) is 0 Å². The number of hydrogen-bond acceptors (Lipinski definition) is 4. The third kappa shape index (κ3) is 3.60. The number of ether oxygens (including phenoxy) is 1. The maximum absolute atomic E-state index is 10.3. The van der Waals surface area contributed by atoms with Crippen LogP contribution in [0.25, 0.3) is 0 Å². The summed E-state index contributed by atoms with van der Waals surface area (Å²) >= 11 is 0. The molecule has 0 atom stereocenters. The van der Waals surface area contributed by atoms with Crippen molar-refractivity contribution in [2.45, 2.75) is 6.73 Å². The van der Waals surface area contributed by atoms with Crippen molar-refractivity contribution in [3.8, 4) is 0 Å². The fourth-order valence-electron chi connectivity index (χ4n) is 0.803. The molecule has 0 aromatic carbocycles. The zero-order valence-corrected chi connectivity index (χ0v) is 8.17. The minimum Gasteiger partial charge on any atom is -0.472 e. The number of allylic oxidation sites excluding steroid dienone is 3. The predicted molar refractivity (Wildman–Crippen MR) is 55.0 cm³/mol. The molecule has 0 amide bonds. The number of hydrogen-bond donors (Lipinski definition) is 0. The third-order valence-corrected chi connectivity index (χ3v) is 1.48. The summed E-state index contributed by atoms with van der Waals surface area (Å²) in [5, 5.41) is 7.24. The quantitative estimate of drug-likeness (QED) is 0.399. The van der Waals surface area contributed by atoms with E-state index in [1.165, 1.54) is 10.9 Å². The van der Waals surface area contributed by atoms with E-state index in [1.807, 2.05) is 0 Å². The van der Waals surface area contributed by atoms with Crippen LogP contribution in [0.1, 0.15) is 10.5 Å². The Balaban J connectivity index is 2.43. The SMILES string of the molecule is C=C/C=C\C(=C)OCn1cc(C=O)nn1. The van der Waals surface area contributed by atoms with E-state index in [0.29, 0.717) is 12.0 Å². The molecule has 0 aliphatic carbocycles. The molecule has 5 nitrogen and oxygen atoms in total. The summed E-state index contributed by atoms with van der Waals surface area (Å²) in [4.78, 5) is 10.3. The molecular weight excluding hydrogens is 194 g/mol. The van der Waals surface area contributed by atoms with Crippen LogP contribution in [-0.4, -0.2) is 21.3 Å². The Hall–Kier alpha value is -2.17. The lowest BCUT2D eigenvalue weighted by molar-refractivity contribution is 0.111. The van der Waals surface area contributed by atoms with Gasteiger partial charge in [-0.25, -0.2) is 4.68 Å². The smallest absolute Gasteiger partial charge is 0.182 e. The van der Waals surface area contributed by atoms with Gasteiger partial charge in [0.1, 0.15) is 11.5 Å². The molecule has 78 valence electrons. The van der Waals surface area contributed by atoms with Crippen molar-refractivity contribution in [3.05, 3.63) is 49.0 Å². The van der Waals surface area contributed by atoms with E-state index in [-0.39, 0.29) is 12.4 Å². The van der Waals surface area contributed by atoms with Gasteiger partial charge in [0, 0.05) is 0 Å². The Bertz CT molecular complexity index is 393. The standard InChI is InChI=1S/C10H11N3O2/c1-3-4-5-9(2)15-8-13-6-10(7-14)11-12-13/h3-7H,1-2,8H2/b5-4-. The number of carbonyl (C=O) groups is 1. The molecule has 0 spiro atoms. The highest BCUT2D eigenvalue weighted by atomic mass is 16.5. The molecule has 5 heteroatoms. The van der Waals surface area contributed by atoms with Crippen LogP contribution in [0.5, 0.6) is 0 Å². The Labute approximate surface area is 87.4 Å². The minimum atomic E-state index is 0.168. The van der Waals surface area contributed by atoms with Gasteiger partial charge in [-0.1, -0.05) is 30.5 Å².